The van der Waals surface area contributed by atoms with Gasteiger partial charge in [-0.3, -0.25) is 9.69 Å². The number of hydrogen-bond acceptors (Lipinski definition) is 3. The van der Waals surface area contributed by atoms with E-state index >= 15 is 0 Å². The summed E-state index contributed by atoms with van der Waals surface area (Å²) in [4.78, 5) is 16.9. The molecule has 0 radical (unpaired) electrons. The number of carbonyl (C=O) groups is 1. The first-order valence-electron chi connectivity index (χ1n) is 12.1. The van der Waals surface area contributed by atoms with E-state index in [1.165, 1.54) is 4.90 Å². The summed E-state index contributed by atoms with van der Waals surface area (Å²) in [5.74, 6) is -0.144. The number of benzene rings is 3. The van der Waals surface area contributed by atoms with Crippen molar-refractivity contribution in [3.8, 4) is 5.75 Å². The summed E-state index contributed by atoms with van der Waals surface area (Å²) in [7, 11) is 0. The second-order valence-corrected chi connectivity index (χ2v) is 9.10. The van der Waals surface area contributed by atoms with Gasteiger partial charge in [0.2, 0.25) is 0 Å². The molecule has 0 N–H and O–H groups in total. The number of rotatable bonds is 7. The predicted molar refractivity (Wildman–Crippen MR) is 137 cm³/mol. The second-order valence-electron chi connectivity index (χ2n) is 9.10. The fourth-order valence-electron chi connectivity index (χ4n) is 4.50. The van der Waals surface area contributed by atoms with E-state index in [1.54, 1.807) is 0 Å². The van der Waals surface area contributed by atoms with Crippen LogP contribution < -0.4 is 4.74 Å². The number of alkyl halides is 6. The molecule has 0 aromatic heterocycles. The topological polar surface area (TPSA) is 32.8 Å². The van der Waals surface area contributed by atoms with Gasteiger partial charge in [-0.05, 0) is 42.3 Å². The van der Waals surface area contributed by atoms with E-state index in [0.29, 0.717) is 50.5 Å². The van der Waals surface area contributed by atoms with E-state index in [1.807, 2.05) is 60.7 Å². The van der Waals surface area contributed by atoms with Crippen molar-refractivity contribution in [1.29, 1.82) is 0 Å². The Hall–Kier alpha value is -3.24. The van der Waals surface area contributed by atoms with Crippen molar-refractivity contribution in [3.05, 3.63) is 101 Å². The maximum Gasteiger partial charge on any atom is 0.416 e. The van der Waals surface area contributed by atoms with E-state index in [4.69, 9.17) is 4.74 Å². The van der Waals surface area contributed by atoms with Crippen LogP contribution in [-0.2, 0) is 18.8 Å². The molecule has 11 heteroatoms. The number of carbonyl (C=O) groups excluding carboxylic acids is 1. The van der Waals surface area contributed by atoms with Crippen LogP contribution >= 0.6 is 12.4 Å². The van der Waals surface area contributed by atoms with Crippen LogP contribution in [0.1, 0.15) is 27.0 Å². The molecule has 0 bridgehead atoms. The molecule has 0 unspecified atom stereocenters. The molecule has 4 nitrogen and oxygen atoms in total. The van der Waals surface area contributed by atoms with Gasteiger partial charge < -0.3 is 9.64 Å². The van der Waals surface area contributed by atoms with Gasteiger partial charge >= 0.3 is 12.4 Å². The summed E-state index contributed by atoms with van der Waals surface area (Å²) in [5, 5.41) is 0. The van der Waals surface area contributed by atoms with Crippen molar-refractivity contribution in [3.63, 3.8) is 0 Å². The lowest BCUT2D eigenvalue weighted by Gasteiger charge is -2.41. The SMILES string of the molecule is Cl.O=C(c1cc(C(F)(F)F)cc(C(F)(F)F)c1)N1CCN(CCOc2ccccc2)C[C@H]1Cc1ccccc1. The van der Waals surface area contributed by atoms with E-state index in [9.17, 15) is 31.1 Å². The summed E-state index contributed by atoms with van der Waals surface area (Å²) in [6.45, 7) is 1.88. The minimum absolute atomic E-state index is 0. The Bertz CT molecular complexity index is 1190. The Labute approximate surface area is 228 Å². The third kappa shape index (κ3) is 8.12. The van der Waals surface area contributed by atoms with Gasteiger partial charge in [0.15, 0.2) is 0 Å². The van der Waals surface area contributed by atoms with Crippen molar-refractivity contribution >= 4 is 18.3 Å². The summed E-state index contributed by atoms with van der Waals surface area (Å²) in [6, 6.07) is 19.0. The lowest BCUT2D eigenvalue weighted by Crippen LogP contribution is -2.56. The maximum absolute atomic E-state index is 13.4. The minimum atomic E-state index is -5.03. The Morgan fingerprint density at radius 3 is 1.95 bits per heavy atom. The Morgan fingerprint density at radius 2 is 1.38 bits per heavy atom. The second kappa shape index (κ2) is 12.7. The van der Waals surface area contributed by atoms with E-state index in [2.05, 4.69) is 4.90 Å². The summed E-state index contributed by atoms with van der Waals surface area (Å²) >= 11 is 0. The fraction of sp³-hybridized carbons (Fsp3) is 0.321. The van der Waals surface area contributed by atoms with Crippen molar-refractivity contribution in [2.24, 2.45) is 0 Å². The molecule has 0 saturated carbocycles. The molecule has 210 valence electrons. The van der Waals surface area contributed by atoms with E-state index < -0.39 is 41.0 Å². The summed E-state index contributed by atoms with van der Waals surface area (Å²) in [5.41, 5.74) is -2.75. The van der Waals surface area contributed by atoms with Crippen LogP contribution in [0.4, 0.5) is 26.3 Å². The van der Waals surface area contributed by atoms with Gasteiger partial charge in [-0.15, -0.1) is 12.4 Å². The molecule has 39 heavy (non-hydrogen) atoms. The maximum atomic E-state index is 13.4. The zero-order valence-corrected chi connectivity index (χ0v) is 21.5. The van der Waals surface area contributed by atoms with Crippen LogP contribution in [0.2, 0.25) is 0 Å². The van der Waals surface area contributed by atoms with Crippen molar-refractivity contribution in [2.75, 3.05) is 32.8 Å². The van der Waals surface area contributed by atoms with Crippen LogP contribution in [0.15, 0.2) is 78.9 Å². The Balaban J connectivity index is 0.00000420. The van der Waals surface area contributed by atoms with Gasteiger partial charge in [0, 0.05) is 37.8 Å². The molecular formula is C28H27ClF6N2O2. The molecule has 1 atom stereocenters. The lowest BCUT2D eigenvalue weighted by molar-refractivity contribution is -0.143. The van der Waals surface area contributed by atoms with Crippen LogP contribution in [0.5, 0.6) is 5.75 Å². The van der Waals surface area contributed by atoms with Crippen LogP contribution in [0.25, 0.3) is 0 Å². The van der Waals surface area contributed by atoms with E-state index in [-0.39, 0.29) is 25.0 Å². The Kier molecular flexibility index (Phi) is 9.90. The number of amides is 1. The van der Waals surface area contributed by atoms with Crippen molar-refractivity contribution in [1.82, 2.24) is 9.80 Å². The van der Waals surface area contributed by atoms with Crippen LogP contribution in [0, 0.1) is 0 Å². The zero-order chi connectivity index (χ0) is 27.3. The molecule has 3 aromatic rings. The lowest BCUT2D eigenvalue weighted by atomic mass is 9.99. The highest BCUT2D eigenvalue weighted by Gasteiger charge is 2.39. The highest BCUT2D eigenvalue weighted by molar-refractivity contribution is 5.95. The molecule has 1 fully saturated rings. The largest absolute Gasteiger partial charge is 0.492 e. The van der Waals surface area contributed by atoms with Gasteiger partial charge in [0.1, 0.15) is 12.4 Å². The molecule has 0 spiro atoms. The van der Waals surface area contributed by atoms with Crippen LogP contribution in [-0.4, -0.2) is 54.5 Å². The molecule has 1 amide bonds. The van der Waals surface area contributed by atoms with Gasteiger partial charge in [-0.1, -0.05) is 48.5 Å². The fourth-order valence-corrected chi connectivity index (χ4v) is 4.50. The molecule has 0 aliphatic carbocycles. The highest BCUT2D eigenvalue weighted by atomic mass is 35.5. The van der Waals surface area contributed by atoms with Gasteiger partial charge in [0.05, 0.1) is 11.1 Å². The molecule has 4 rings (SSSR count). The number of halogens is 7. The summed E-state index contributed by atoms with van der Waals surface area (Å²) < 4.78 is 86.1. The Morgan fingerprint density at radius 1 is 0.821 bits per heavy atom. The molecule has 3 aromatic carbocycles. The normalized spacial score (nSPS) is 16.5. The van der Waals surface area contributed by atoms with Gasteiger partial charge in [-0.2, -0.15) is 26.3 Å². The predicted octanol–water partition coefficient (Wildman–Crippen LogP) is 6.59. The first-order valence-corrected chi connectivity index (χ1v) is 12.1. The smallest absolute Gasteiger partial charge is 0.416 e. The summed E-state index contributed by atoms with van der Waals surface area (Å²) in [6.07, 6.45) is -9.66. The number of para-hydroxylation sites is 1. The minimum Gasteiger partial charge on any atom is -0.492 e. The quantitative estimate of drug-likeness (QED) is 0.299. The first kappa shape index (κ1) is 30.3. The molecule has 1 aliphatic heterocycles. The van der Waals surface area contributed by atoms with Gasteiger partial charge in [0.25, 0.3) is 5.91 Å². The van der Waals surface area contributed by atoms with Crippen molar-refractivity contribution < 1.29 is 35.9 Å². The number of nitrogens with zero attached hydrogens (tertiary/aromatic N) is 2. The molecule has 1 aliphatic rings. The van der Waals surface area contributed by atoms with Gasteiger partial charge in [-0.25, -0.2) is 0 Å². The highest BCUT2D eigenvalue weighted by Crippen LogP contribution is 2.37. The van der Waals surface area contributed by atoms with Crippen LogP contribution in [0.3, 0.4) is 0 Å². The monoisotopic (exact) mass is 572 g/mol. The third-order valence-corrected chi connectivity index (χ3v) is 6.40. The molecule has 1 heterocycles. The average molecular weight is 573 g/mol. The molecule has 1 saturated heterocycles. The number of piperazine rings is 1. The standard InChI is InChI=1S/C28H26F6N2O2.ClH/c29-27(30,31)22-16-21(17-23(18-22)28(32,33)34)26(37)36-12-11-35(13-14-38-25-9-5-2-6-10-25)19-24(36)15-20-7-3-1-4-8-20;/h1-10,16-18,24H,11-15,19H2;1H/t24-;/m1./s1. The zero-order valence-electron chi connectivity index (χ0n) is 20.7. The van der Waals surface area contributed by atoms with Crippen molar-refractivity contribution in [2.45, 2.75) is 24.8 Å². The number of hydrogen-bond donors (Lipinski definition) is 0. The molecular weight excluding hydrogens is 546 g/mol. The average Bonchev–Trinajstić information content (AvgIpc) is 2.88. The third-order valence-electron chi connectivity index (χ3n) is 6.40. The first-order chi connectivity index (χ1) is 18.0. The van der Waals surface area contributed by atoms with E-state index in [0.717, 1.165) is 5.56 Å². The number of ether oxygens (including phenoxy) is 1.